The number of carbonyl (C=O) groups is 1. The molecule has 0 saturated heterocycles. The molecule has 0 fully saturated rings. The highest BCUT2D eigenvalue weighted by Gasteiger charge is 2.11. The second-order valence-corrected chi connectivity index (χ2v) is 4.18. The third-order valence-electron chi connectivity index (χ3n) is 2.14. The predicted octanol–water partition coefficient (Wildman–Crippen LogP) is 2.67. The molecule has 2 aromatic rings. The number of carboxylic acid groups (broad SMARTS) is 1. The minimum absolute atomic E-state index is 0.0586. The first-order valence-electron chi connectivity index (χ1n) is 4.83. The Bertz CT molecular complexity index is 609. The van der Waals surface area contributed by atoms with Crippen molar-refractivity contribution in [3.8, 4) is 0 Å². The van der Waals surface area contributed by atoms with Crippen LogP contribution in [-0.4, -0.2) is 25.8 Å². The summed E-state index contributed by atoms with van der Waals surface area (Å²) < 4.78 is 1.15. The van der Waals surface area contributed by atoms with Crippen LogP contribution < -0.4 is 0 Å². The van der Waals surface area contributed by atoms with Gasteiger partial charge >= 0.3 is 5.97 Å². The second kappa shape index (κ2) is 5.20. The Kier molecular flexibility index (Phi) is 3.64. The van der Waals surface area contributed by atoms with Gasteiger partial charge in [0, 0.05) is 10.0 Å². The lowest BCUT2D eigenvalue weighted by atomic mass is 10.2. The van der Waals surface area contributed by atoms with E-state index < -0.39 is 5.97 Å². The standard InChI is InChI=1S/C11H7Cl2N3O2/c12-8-2-1-7(9(13)4-8)3-10(11(17)18)16-6-14-5-15-16/h1-6H,(H,17,18)/b10-3-. The van der Waals surface area contributed by atoms with E-state index in [0.29, 0.717) is 15.6 Å². The SMILES string of the molecule is O=C(O)/C(=C/c1ccc(Cl)cc1Cl)n1cncn1. The molecule has 0 aliphatic carbocycles. The Hall–Kier alpha value is -1.85. The van der Waals surface area contributed by atoms with E-state index in [1.807, 2.05) is 0 Å². The summed E-state index contributed by atoms with van der Waals surface area (Å²) in [5.74, 6) is -1.13. The molecule has 0 saturated carbocycles. The number of halogens is 2. The Morgan fingerprint density at radius 2 is 2.17 bits per heavy atom. The average molecular weight is 284 g/mol. The quantitative estimate of drug-likeness (QED) is 0.880. The van der Waals surface area contributed by atoms with Crippen molar-refractivity contribution in [1.29, 1.82) is 0 Å². The van der Waals surface area contributed by atoms with Gasteiger partial charge < -0.3 is 5.11 Å². The fourth-order valence-electron chi connectivity index (χ4n) is 1.32. The molecule has 0 radical (unpaired) electrons. The van der Waals surface area contributed by atoms with E-state index in [4.69, 9.17) is 28.3 Å². The number of nitrogens with zero attached hydrogens (tertiary/aromatic N) is 3. The van der Waals surface area contributed by atoms with Gasteiger partial charge in [-0.1, -0.05) is 29.3 Å². The number of aliphatic carboxylic acids is 1. The lowest BCUT2D eigenvalue weighted by Crippen LogP contribution is -2.08. The van der Waals surface area contributed by atoms with E-state index in [0.717, 1.165) is 4.68 Å². The Morgan fingerprint density at radius 1 is 1.39 bits per heavy atom. The maximum Gasteiger partial charge on any atom is 0.354 e. The first-order valence-corrected chi connectivity index (χ1v) is 5.58. The fourth-order valence-corrected chi connectivity index (χ4v) is 1.79. The van der Waals surface area contributed by atoms with Gasteiger partial charge in [-0.2, -0.15) is 5.10 Å². The molecule has 0 spiro atoms. The number of rotatable bonds is 3. The van der Waals surface area contributed by atoms with Gasteiger partial charge in [-0.3, -0.25) is 0 Å². The number of hydrogen-bond donors (Lipinski definition) is 1. The first kappa shape index (κ1) is 12.6. The van der Waals surface area contributed by atoms with Gasteiger partial charge in [0.05, 0.1) is 0 Å². The fraction of sp³-hybridized carbons (Fsp3) is 0. The smallest absolute Gasteiger partial charge is 0.354 e. The minimum Gasteiger partial charge on any atom is -0.477 e. The minimum atomic E-state index is -1.13. The summed E-state index contributed by atoms with van der Waals surface area (Å²) in [5.41, 5.74) is 0.477. The zero-order valence-electron chi connectivity index (χ0n) is 8.92. The molecule has 18 heavy (non-hydrogen) atoms. The molecule has 7 heteroatoms. The normalized spacial score (nSPS) is 11.6. The second-order valence-electron chi connectivity index (χ2n) is 3.34. The lowest BCUT2D eigenvalue weighted by Gasteiger charge is -2.03. The Morgan fingerprint density at radius 3 is 2.72 bits per heavy atom. The van der Waals surface area contributed by atoms with Crippen molar-refractivity contribution < 1.29 is 9.90 Å². The van der Waals surface area contributed by atoms with Crippen molar-refractivity contribution in [2.75, 3.05) is 0 Å². The van der Waals surface area contributed by atoms with Crippen molar-refractivity contribution in [2.45, 2.75) is 0 Å². The largest absolute Gasteiger partial charge is 0.477 e. The van der Waals surface area contributed by atoms with E-state index in [2.05, 4.69) is 10.1 Å². The van der Waals surface area contributed by atoms with Gasteiger partial charge in [-0.25, -0.2) is 14.5 Å². The molecule has 1 aromatic carbocycles. The lowest BCUT2D eigenvalue weighted by molar-refractivity contribution is -0.130. The van der Waals surface area contributed by atoms with Crippen molar-refractivity contribution >= 4 is 40.9 Å². The maximum atomic E-state index is 11.2. The highest BCUT2D eigenvalue weighted by molar-refractivity contribution is 6.35. The van der Waals surface area contributed by atoms with Crippen LogP contribution in [0.4, 0.5) is 0 Å². The van der Waals surface area contributed by atoms with Crippen LogP contribution in [0.1, 0.15) is 5.56 Å². The van der Waals surface area contributed by atoms with Crippen molar-refractivity contribution in [1.82, 2.24) is 14.8 Å². The summed E-state index contributed by atoms with van der Waals surface area (Å²) in [6, 6.07) is 4.79. The van der Waals surface area contributed by atoms with Crippen LogP contribution in [0.3, 0.4) is 0 Å². The average Bonchev–Trinajstić information content (AvgIpc) is 2.80. The van der Waals surface area contributed by atoms with Crippen LogP contribution in [0.2, 0.25) is 10.0 Å². The summed E-state index contributed by atoms with van der Waals surface area (Å²) in [5, 5.41) is 13.7. The van der Waals surface area contributed by atoms with Crippen LogP contribution in [0.5, 0.6) is 0 Å². The molecular weight excluding hydrogens is 277 g/mol. The molecular formula is C11H7Cl2N3O2. The van der Waals surface area contributed by atoms with Crippen LogP contribution >= 0.6 is 23.2 Å². The molecule has 5 nitrogen and oxygen atoms in total. The monoisotopic (exact) mass is 283 g/mol. The first-order chi connectivity index (χ1) is 8.58. The van der Waals surface area contributed by atoms with Gasteiger partial charge in [0.2, 0.25) is 0 Å². The molecule has 0 atom stereocenters. The summed E-state index contributed by atoms with van der Waals surface area (Å²) in [4.78, 5) is 14.9. The zero-order valence-corrected chi connectivity index (χ0v) is 10.4. The van der Waals surface area contributed by atoms with Crippen LogP contribution in [0, 0.1) is 0 Å². The molecule has 0 unspecified atom stereocenters. The topological polar surface area (TPSA) is 68.0 Å². The van der Waals surface area contributed by atoms with Crippen molar-refractivity contribution in [3.05, 3.63) is 46.5 Å². The molecule has 0 aliphatic rings. The third kappa shape index (κ3) is 2.69. The zero-order chi connectivity index (χ0) is 13.1. The summed E-state index contributed by atoms with van der Waals surface area (Å²) in [7, 11) is 0. The van der Waals surface area contributed by atoms with E-state index in [1.54, 1.807) is 12.1 Å². The molecule has 0 amide bonds. The van der Waals surface area contributed by atoms with Gasteiger partial charge in [0.25, 0.3) is 0 Å². The van der Waals surface area contributed by atoms with Gasteiger partial charge in [0.1, 0.15) is 12.7 Å². The van der Waals surface area contributed by atoms with Crippen LogP contribution in [-0.2, 0) is 4.79 Å². The molecule has 1 heterocycles. The van der Waals surface area contributed by atoms with E-state index in [1.165, 1.54) is 24.8 Å². The molecule has 92 valence electrons. The highest BCUT2D eigenvalue weighted by Crippen LogP contribution is 2.23. The third-order valence-corrected chi connectivity index (χ3v) is 2.70. The highest BCUT2D eigenvalue weighted by atomic mass is 35.5. The van der Waals surface area contributed by atoms with Crippen molar-refractivity contribution in [3.63, 3.8) is 0 Å². The van der Waals surface area contributed by atoms with E-state index in [9.17, 15) is 4.79 Å². The van der Waals surface area contributed by atoms with Gasteiger partial charge in [0.15, 0.2) is 5.70 Å². The Balaban J connectivity index is 2.49. The van der Waals surface area contributed by atoms with Crippen molar-refractivity contribution in [2.24, 2.45) is 0 Å². The van der Waals surface area contributed by atoms with Gasteiger partial charge in [-0.05, 0) is 23.8 Å². The number of benzene rings is 1. The molecule has 1 N–H and O–H groups in total. The molecule has 2 rings (SSSR count). The molecule has 0 aliphatic heterocycles. The van der Waals surface area contributed by atoms with Crippen LogP contribution in [0.25, 0.3) is 11.8 Å². The number of carboxylic acids is 1. The summed E-state index contributed by atoms with van der Waals surface area (Å²) in [6.45, 7) is 0. The van der Waals surface area contributed by atoms with E-state index in [-0.39, 0.29) is 5.70 Å². The Labute approximate surface area is 112 Å². The molecule has 1 aromatic heterocycles. The van der Waals surface area contributed by atoms with Crippen LogP contribution in [0.15, 0.2) is 30.9 Å². The molecule has 0 bridgehead atoms. The summed E-state index contributed by atoms with van der Waals surface area (Å²) >= 11 is 11.7. The maximum absolute atomic E-state index is 11.2. The van der Waals surface area contributed by atoms with E-state index >= 15 is 0 Å². The summed E-state index contributed by atoms with van der Waals surface area (Å²) in [6.07, 6.45) is 3.94. The predicted molar refractivity (Wildman–Crippen MR) is 68.3 cm³/mol. The van der Waals surface area contributed by atoms with Gasteiger partial charge in [-0.15, -0.1) is 0 Å². The number of aromatic nitrogens is 3. The number of hydrogen-bond acceptors (Lipinski definition) is 3.